The minimum atomic E-state index is -3.36. The SMILES string of the molecule is Cc1ccc(C(=O)O[C@](C(=O)O)(C(=O)c2ccc(C)cc2)[C@@H](O)C(=O)O)cc1.O=C1CC2=C(CCC=C2)CCN1. The number of aliphatic hydroxyl groups is 1. The number of carboxylic acid groups (broad SMARTS) is 2. The number of aryl methyl sites for hydroxylation is 2. The molecule has 2 aromatic rings. The van der Waals surface area contributed by atoms with E-state index in [0.29, 0.717) is 6.42 Å². The number of Topliss-reactive ketones (excluding diaryl/α,β-unsaturated/α-hetero) is 1. The normalized spacial score (nSPS) is 16.6. The first-order valence-corrected chi connectivity index (χ1v) is 12.7. The quantitative estimate of drug-likeness (QED) is 0.230. The van der Waals surface area contributed by atoms with Crippen LogP contribution >= 0.6 is 0 Å². The molecule has 0 radical (unpaired) electrons. The smallest absolute Gasteiger partial charge is 0.360 e. The van der Waals surface area contributed by atoms with E-state index < -0.39 is 35.4 Å². The van der Waals surface area contributed by atoms with Crippen LogP contribution < -0.4 is 5.32 Å². The highest BCUT2D eigenvalue weighted by molar-refractivity contribution is 6.19. The second kappa shape index (κ2) is 13.0. The van der Waals surface area contributed by atoms with Crippen LogP contribution in [0.25, 0.3) is 0 Å². The Bertz CT molecular complexity index is 1360. The number of esters is 1. The van der Waals surface area contributed by atoms with E-state index in [2.05, 4.69) is 17.5 Å². The second-order valence-electron chi connectivity index (χ2n) is 9.58. The van der Waals surface area contributed by atoms with Crippen molar-refractivity contribution in [2.45, 2.75) is 51.2 Å². The van der Waals surface area contributed by atoms with Crippen LogP contribution in [0, 0.1) is 13.8 Å². The number of aliphatic carboxylic acids is 2. The van der Waals surface area contributed by atoms with E-state index in [9.17, 15) is 34.2 Å². The minimum absolute atomic E-state index is 0.106. The number of hydrogen-bond acceptors (Lipinski definition) is 7. The van der Waals surface area contributed by atoms with E-state index in [4.69, 9.17) is 9.84 Å². The van der Waals surface area contributed by atoms with Gasteiger partial charge in [0.2, 0.25) is 17.8 Å². The van der Waals surface area contributed by atoms with Crippen molar-refractivity contribution in [2.75, 3.05) is 6.54 Å². The number of amides is 1. The third-order valence-electron chi connectivity index (χ3n) is 6.61. The number of hydrogen-bond donors (Lipinski definition) is 4. The van der Waals surface area contributed by atoms with Gasteiger partial charge in [0.25, 0.3) is 0 Å². The van der Waals surface area contributed by atoms with Crippen LogP contribution in [0.3, 0.4) is 0 Å². The number of carbonyl (C=O) groups excluding carboxylic acids is 3. The van der Waals surface area contributed by atoms with Crippen molar-refractivity contribution < 1.29 is 44.0 Å². The summed E-state index contributed by atoms with van der Waals surface area (Å²) in [6, 6.07) is 11.3. The van der Waals surface area contributed by atoms with Crippen LogP contribution in [0.5, 0.6) is 0 Å². The van der Waals surface area contributed by atoms with Crippen molar-refractivity contribution in [3.05, 3.63) is 94.1 Å². The molecule has 210 valence electrons. The third-order valence-corrected chi connectivity index (χ3v) is 6.61. The number of carbonyl (C=O) groups is 5. The molecule has 10 heteroatoms. The van der Waals surface area contributed by atoms with Gasteiger partial charge in [0, 0.05) is 12.1 Å². The molecule has 40 heavy (non-hydrogen) atoms. The van der Waals surface area contributed by atoms with Gasteiger partial charge >= 0.3 is 23.5 Å². The van der Waals surface area contributed by atoms with E-state index in [-0.39, 0.29) is 17.0 Å². The summed E-state index contributed by atoms with van der Waals surface area (Å²) in [5, 5.41) is 31.8. The van der Waals surface area contributed by atoms with Crippen LogP contribution in [0.15, 0.2) is 71.8 Å². The molecule has 4 N–H and O–H groups in total. The van der Waals surface area contributed by atoms with Gasteiger partial charge in [0.05, 0.1) is 12.0 Å². The van der Waals surface area contributed by atoms with Crippen LogP contribution in [0.1, 0.15) is 57.5 Å². The standard InChI is InChI=1S/C20H18O8.C10H13NO/c1-11-3-7-13(8-4-11)15(21)20(19(26)27,16(22)17(23)24)28-18(25)14-9-5-12(2)6-10-14;12-10-7-9-4-2-1-3-8(9)5-6-11-10/h3-10,16,22H,1-2H3,(H,23,24)(H,26,27);2,4H,1,3,5-7H2,(H,11,12)/t16-,20+;/m0./s1. The zero-order valence-corrected chi connectivity index (χ0v) is 22.2. The topological polar surface area (TPSA) is 167 Å². The molecule has 1 aliphatic heterocycles. The van der Waals surface area contributed by atoms with E-state index in [0.717, 1.165) is 36.9 Å². The van der Waals surface area contributed by atoms with Gasteiger partial charge in [0.15, 0.2) is 0 Å². The average Bonchev–Trinajstić information content (AvgIpc) is 3.12. The lowest BCUT2D eigenvalue weighted by molar-refractivity contribution is -0.176. The monoisotopic (exact) mass is 549 g/mol. The molecule has 0 fully saturated rings. The molecule has 0 unspecified atom stereocenters. The van der Waals surface area contributed by atoms with Gasteiger partial charge in [-0.3, -0.25) is 9.59 Å². The van der Waals surface area contributed by atoms with Gasteiger partial charge in [-0.1, -0.05) is 65.3 Å². The summed E-state index contributed by atoms with van der Waals surface area (Å²) in [6.45, 7) is 4.31. The maximum Gasteiger partial charge on any atom is 0.360 e. The first-order chi connectivity index (χ1) is 19.0. The van der Waals surface area contributed by atoms with Crippen molar-refractivity contribution >= 4 is 29.6 Å². The van der Waals surface area contributed by atoms with E-state index in [1.165, 1.54) is 47.5 Å². The Morgan fingerprint density at radius 3 is 2.02 bits per heavy atom. The molecule has 2 aromatic carbocycles. The Morgan fingerprint density at radius 1 is 0.900 bits per heavy atom. The summed E-state index contributed by atoms with van der Waals surface area (Å²) < 4.78 is 4.88. The fourth-order valence-corrected chi connectivity index (χ4v) is 4.29. The molecule has 0 spiro atoms. The highest BCUT2D eigenvalue weighted by Crippen LogP contribution is 2.27. The second-order valence-corrected chi connectivity index (χ2v) is 9.58. The van der Waals surface area contributed by atoms with Crippen LogP contribution in [-0.4, -0.2) is 63.2 Å². The molecular formula is C30H31NO9. The van der Waals surface area contributed by atoms with E-state index in [1.54, 1.807) is 26.0 Å². The molecule has 0 saturated heterocycles. The Hall–Kier alpha value is -4.57. The molecule has 0 aromatic heterocycles. The molecule has 1 amide bonds. The Labute approximate surface area is 231 Å². The summed E-state index contributed by atoms with van der Waals surface area (Å²) >= 11 is 0. The summed E-state index contributed by atoms with van der Waals surface area (Å²) in [5.41, 5.74) is 0.612. The fourth-order valence-electron chi connectivity index (χ4n) is 4.29. The number of ketones is 1. The Kier molecular flexibility index (Phi) is 9.73. The Morgan fingerprint density at radius 2 is 1.48 bits per heavy atom. The zero-order valence-electron chi connectivity index (χ0n) is 22.2. The van der Waals surface area contributed by atoms with Crippen LogP contribution in [0.2, 0.25) is 0 Å². The molecule has 2 aliphatic rings. The molecule has 2 atom stereocenters. The lowest BCUT2D eigenvalue weighted by Gasteiger charge is -2.30. The van der Waals surface area contributed by atoms with Crippen molar-refractivity contribution in [1.29, 1.82) is 0 Å². The lowest BCUT2D eigenvalue weighted by atomic mass is 9.86. The number of rotatable bonds is 7. The molecule has 0 saturated carbocycles. The molecular weight excluding hydrogens is 518 g/mol. The van der Waals surface area contributed by atoms with Crippen molar-refractivity contribution in [1.82, 2.24) is 5.32 Å². The lowest BCUT2D eigenvalue weighted by Crippen LogP contribution is -2.61. The van der Waals surface area contributed by atoms with Crippen LogP contribution in [-0.2, 0) is 19.1 Å². The molecule has 1 aliphatic carbocycles. The molecule has 0 bridgehead atoms. The van der Waals surface area contributed by atoms with Crippen molar-refractivity contribution in [2.24, 2.45) is 0 Å². The van der Waals surface area contributed by atoms with Crippen molar-refractivity contribution in [3.8, 4) is 0 Å². The maximum atomic E-state index is 12.9. The van der Waals surface area contributed by atoms with Gasteiger partial charge in [-0.2, -0.15) is 0 Å². The molecule has 4 rings (SSSR count). The predicted octanol–water partition coefficient (Wildman–Crippen LogP) is 3.16. The first kappa shape index (κ1) is 30.0. The summed E-state index contributed by atoms with van der Waals surface area (Å²) in [5.74, 6) is -6.59. The van der Waals surface area contributed by atoms with Crippen LogP contribution in [0.4, 0.5) is 0 Å². The first-order valence-electron chi connectivity index (χ1n) is 12.7. The number of benzene rings is 2. The van der Waals surface area contributed by atoms with Gasteiger partial charge in [-0.15, -0.1) is 0 Å². The summed E-state index contributed by atoms with van der Waals surface area (Å²) in [7, 11) is 0. The van der Waals surface area contributed by atoms with Gasteiger partial charge in [-0.25, -0.2) is 14.4 Å². The van der Waals surface area contributed by atoms with Crippen molar-refractivity contribution in [3.63, 3.8) is 0 Å². The Balaban J connectivity index is 0.000000302. The highest BCUT2D eigenvalue weighted by Gasteiger charge is 2.59. The minimum Gasteiger partial charge on any atom is -0.479 e. The third kappa shape index (κ3) is 6.89. The number of aliphatic hydroxyl groups excluding tert-OH is 1. The largest absolute Gasteiger partial charge is 0.479 e. The highest BCUT2D eigenvalue weighted by atomic mass is 16.6. The van der Waals surface area contributed by atoms with Gasteiger partial charge < -0.3 is 25.4 Å². The number of nitrogens with one attached hydrogen (secondary N) is 1. The van der Waals surface area contributed by atoms with Gasteiger partial charge in [0.1, 0.15) is 0 Å². The maximum absolute atomic E-state index is 12.9. The fraction of sp³-hybridized carbons (Fsp3) is 0.300. The molecule has 10 nitrogen and oxygen atoms in total. The molecule has 1 heterocycles. The predicted molar refractivity (Wildman–Crippen MR) is 144 cm³/mol. The average molecular weight is 550 g/mol. The number of allylic oxidation sites excluding steroid dienone is 2. The van der Waals surface area contributed by atoms with Gasteiger partial charge in [-0.05, 0) is 50.8 Å². The zero-order chi connectivity index (χ0) is 29.4. The number of ether oxygens (including phenoxy) is 1. The summed E-state index contributed by atoms with van der Waals surface area (Å²) in [4.78, 5) is 59.8. The van der Waals surface area contributed by atoms with E-state index in [1.807, 2.05) is 0 Å². The number of carboxylic acids is 2. The summed E-state index contributed by atoms with van der Waals surface area (Å²) in [6.07, 6.45) is 5.39. The van der Waals surface area contributed by atoms with E-state index >= 15 is 0 Å².